The summed E-state index contributed by atoms with van der Waals surface area (Å²) in [4.78, 5) is 7.59. The van der Waals surface area contributed by atoms with Gasteiger partial charge in [0.25, 0.3) is 0 Å². The Morgan fingerprint density at radius 1 is 1.07 bits per heavy atom. The Kier molecular flexibility index (Phi) is 4.46. The Morgan fingerprint density at radius 3 is 2.68 bits per heavy atom. The van der Waals surface area contributed by atoms with Crippen molar-refractivity contribution in [3.8, 4) is 17.0 Å². The summed E-state index contributed by atoms with van der Waals surface area (Å²) in [5.74, 6) is 2.89. The number of hydrogen-bond acceptors (Lipinski definition) is 4. The summed E-state index contributed by atoms with van der Waals surface area (Å²) in [6, 6.07) is 10.3. The number of ether oxygens (including phenoxy) is 1. The zero-order chi connectivity index (χ0) is 19.1. The highest BCUT2D eigenvalue weighted by molar-refractivity contribution is 5.68. The molecule has 1 atom stereocenters. The molecule has 0 unspecified atom stereocenters. The fourth-order valence-electron chi connectivity index (χ4n) is 4.74. The van der Waals surface area contributed by atoms with Crippen LogP contribution >= 0.6 is 0 Å². The Bertz CT molecular complexity index is 992. The SMILES string of the molecule is COc1ccc(-c2cc3nc4c(c(N5CCC[C@H](C)C5)n3n2)CCCC4)cc1. The van der Waals surface area contributed by atoms with Crippen LogP contribution in [0.5, 0.6) is 5.75 Å². The van der Waals surface area contributed by atoms with Gasteiger partial charge >= 0.3 is 0 Å². The predicted octanol–water partition coefficient (Wildman–Crippen LogP) is 4.52. The first-order valence-corrected chi connectivity index (χ1v) is 10.5. The van der Waals surface area contributed by atoms with Gasteiger partial charge in [-0.05, 0) is 68.7 Å². The average Bonchev–Trinajstić information content (AvgIpc) is 3.15. The highest BCUT2D eigenvalue weighted by Gasteiger charge is 2.26. The molecule has 28 heavy (non-hydrogen) atoms. The second-order valence-corrected chi connectivity index (χ2v) is 8.29. The second kappa shape index (κ2) is 7.12. The summed E-state index contributed by atoms with van der Waals surface area (Å²) in [7, 11) is 1.69. The molecule has 146 valence electrons. The van der Waals surface area contributed by atoms with Crippen molar-refractivity contribution in [1.29, 1.82) is 0 Å². The Labute approximate surface area is 166 Å². The number of nitrogens with zero attached hydrogens (tertiary/aromatic N) is 4. The van der Waals surface area contributed by atoms with Gasteiger partial charge in [0.1, 0.15) is 11.6 Å². The van der Waals surface area contributed by atoms with Gasteiger partial charge in [-0.3, -0.25) is 0 Å². The van der Waals surface area contributed by atoms with Gasteiger partial charge in [-0.1, -0.05) is 6.92 Å². The number of fused-ring (bicyclic) bond motifs is 2. The van der Waals surface area contributed by atoms with Crippen LogP contribution in [0.15, 0.2) is 30.3 Å². The van der Waals surface area contributed by atoms with Crippen LogP contribution in [0.3, 0.4) is 0 Å². The number of hydrogen-bond donors (Lipinski definition) is 0. The van der Waals surface area contributed by atoms with Crippen LogP contribution < -0.4 is 9.64 Å². The lowest BCUT2D eigenvalue weighted by Gasteiger charge is -2.35. The van der Waals surface area contributed by atoms with Gasteiger partial charge in [-0.15, -0.1) is 0 Å². The zero-order valence-electron chi connectivity index (χ0n) is 16.8. The molecule has 5 nitrogen and oxygen atoms in total. The van der Waals surface area contributed by atoms with E-state index in [1.807, 2.05) is 12.1 Å². The van der Waals surface area contributed by atoms with E-state index in [0.29, 0.717) is 0 Å². The van der Waals surface area contributed by atoms with Crippen LogP contribution in [-0.4, -0.2) is 34.8 Å². The zero-order valence-corrected chi connectivity index (χ0v) is 16.8. The van der Waals surface area contributed by atoms with Crippen molar-refractivity contribution in [3.05, 3.63) is 41.6 Å². The van der Waals surface area contributed by atoms with Crippen molar-refractivity contribution in [1.82, 2.24) is 14.6 Å². The molecule has 2 aliphatic rings. The number of aryl methyl sites for hydroxylation is 1. The predicted molar refractivity (Wildman–Crippen MR) is 112 cm³/mol. The third-order valence-electron chi connectivity index (χ3n) is 6.19. The molecule has 3 heterocycles. The minimum absolute atomic E-state index is 0.729. The van der Waals surface area contributed by atoms with Crippen LogP contribution in [0.4, 0.5) is 5.82 Å². The lowest BCUT2D eigenvalue weighted by molar-refractivity contribution is 0.415. The van der Waals surface area contributed by atoms with Crippen LogP contribution in [0.2, 0.25) is 0 Å². The first-order chi connectivity index (χ1) is 13.7. The van der Waals surface area contributed by atoms with Crippen molar-refractivity contribution in [3.63, 3.8) is 0 Å². The van der Waals surface area contributed by atoms with Gasteiger partial charge in [0.05, 0.1) is 12.8 Å². The van der Waals surface area contributed by atoms with E-state index in [2.05, 4.69) is 34.5 Å². The number of piperidine rings is 1. The van der Waals surface area contributed by atoms with Crippen LogP contribution in [0, 0.1) is 5.92 Å². The van der Waals surface area contributed by atoms with Crippen molar-refractivity contribution >= 4 is 11.5 Å². The van der Waals surface area contributed by atoms with E-state index in [4.69, 9.17) is 14.8 Å². The summed E-state index contributed by atoms with van der Waals surface area (Å²) < 4.78 is 7.41. The summed E-state index contributed by atoms with van der Waals surface area (Å²) in [6.45, 7) is 4.60. The molecule has 2 aromatic heterocycles. The molecule has 5 heteroatoms. The lowest BCUT2D eigenvalue weighted by Crippen LogP contribution is -2.37. The quantitative estimate of drug-likeness (QED) is 0.674. The summed E-state index contributed by atoms with van der Waals surface area (Å²) in [5, 5.41) is 5.02. The first kappa shape index (κ1) is 17.5. The minimum Gasteiger partial charge on any atom is -0.497 e. The second-order valence-electron chi connectivity index (χ2n) is 8.29. The van der Waals surface area contributed by atoms with Gasteiger partial charge < -0.3 is 9.64 Å². The Hall–Kier alpha value is -2.56. The Balaban J connectivity index is 1.65. The topological polar surface area (TPSA) is 42.7 Å². The molecular formula is C23H28N4O. The molecule has 0 amide bonds. The molecule has 1 aliphatic heterocycles. The highest BCUT2D eigenvalue weighted by atomic mass is 16.5. The summed E-state index contributed by atoms with van der Waals surface area (Å²) >= 11 is 0. The van der Waals surface area contributed by atoms with E-state index < -0.39 is 0 Å². The van der Waals surface area contributed by atoms with E-state index in [0.717, 1.165) is 54.5 Å². The van der Waals surface area contributed by atoms with Gasteiger partial charge in [-0.25, -0.2) is 4.98 Å². The molecule has 1 fully saturated rings. The number of benzene rings is 1. The largest absolute Gasteiger partial charge is 0.497 e. The maximum Gasteiger partial charge on any atom is 0.158 e. The smallest absolute Gasteiger partial charge is 0.158 e. The van der Waals surface area contributed by atoms with Crippen molar-refractivity contribution in [2.75, 3.05) is 25.1 Å². The molecule has 0 bridgehead atoms. The van der Waals surface area contributed by atoms with Crippen molar-refractivity contribution < 1.29 is 4.74 Å². The minimum atomic E-state index is 0.729. The van der Waals surface area contributed by atoms with Gasteiger partial charge in [0.2, 0.25) is 0 Å². The molecule has 1 saturated heterocycles. The molecule has 0 N–H and O–H groups in total. The summed E-state index contributed by atoms with van der Waals surface area (Å²) in [6.07, 6.45) is 7.28. The normalized spacial score (nSPS) is 19.6. The third kappa shape index (κ3) is 3.03. The van der Waals surface area contributed by atoms with E-state index in [9.17, 15) is 0 Å². The van der Waals surface area contributed by atoms with E-state index in [1.165, 1.54) is 42.8 Å². The Morgan fingerprint density at radius 2 is 1.89 bits per heavy atom. The van der Waals surface area contributed by atoms with Gasteiger partial charge in [0, 0.05) is 36.0 Å². The number of anilines is 1. The summed E-state index contributed by atoms with van der Waals surface area (Å²) in [5.41, 5.74) is 5.76. The van der Waals surface area contributed by atoms with E-state index in [-0.39, 0.29) is 0 Å². The van der Waals surface area contributed by atoms with Gasteiger partial charge in [-0.2, -0.15) is 9.61 Å². The van der Waals surface area contributed by atoms with Crippen molar-refractivity contribution in [2.45, 2.75) is 45.4 Å². The number of rotatable bonds is 3. The molecule has 0 saturated carbocycles. The molecule has 0 spiro atoms. The first-order valence-electron chi connectivity index (χ1n) is 10.5. The van der Waals surface area contributed by atoms with Crippen molar-refractivity contribution in [2.24, 2.45) is 5.92 Å². The van der Waals surface area contributed by atoms with Crippen LogP contribution in [-0.2, 0) is 12.8 Å². The highest BCUT2D eigenvalue weighted by Crippen LogP contribution is 2.34. The molecule has 1 aromatic carbocycles. The maximum atomic E-state index is 5.30. The molecular weight excluding hydrogens is 348 g/mol. The van der Waals surface area contributed by atoms with Crippen LogP contribution in [0.1, 0.15) is 43.9 Å². The fourth-order valence-corrected chi connectivity index (χ4v) is 4.74. The monoisotopic (exact) mass is 376 g/mol. The maximum absolute atomic E-state index is 5.30. The number of aromatic nitrogens is 3. The average molecular weight is 377 g/mol. The lowest BCUT2D eigenvalue weighted by atomic mass is 9.94. The molecule has 5 rings (SSSR count). The van der Waals surface area contributed by atoms with E-state index in [1.54, 1.807) is 7.11 Å². The third-order valence-corrected chi connectivity index (χ3v) is 6.19. The van der Waals surface area contributed by atoms with Crippen LogP contribution in [0.25, 0.3) is 16.9 Å². The number of methoxy groups -OCH3 is 1. The fraction of sp³-hybridized carbons (Fsp3) is 0.478. The standard InChI is InChI=1S/C23H28N4O/c1-16-6-5-13-26(15-16)23-19-7-3-4-8-20(19)24-22-14-21(25-27(22)23)17-9-11-18(28-2)12-10-17/h9-12,14,16H,3-8,13,15H2,1-2H3/t16-/m0/s1. The molecule has 1 aliphatic carbocycles. The van der Waals surface area contributed by atoms with Gasteiger partial charge in [0.15, 0.2) is 5.65 Å². The van der Waals surface area contributed by atoms with E-state index >= 15 is 0 Å². The molecule has 3 aromatic rings. The molecule has 0 radical (unpaired) electrons.